The maximum atomic E-state index is 13.5. The molecule has 1 fully saturated rings. The van der Waals surface area contributed by atoms with Gasteiger partial charge in [0.2, 0.25) is 5.91 Å². The first kappa shape index (κ1) is 24.0. The zero-order valence-corrected chi connectivity index (χ0v) is 20.6. The molecule has 11 nitrogen and oxygen atoms in total. The highest BCUT2D eigenvalue weighted by atomic mass is 16.6. The molecule has 196 valence electrons. The van der Waals surface area contributed by atoms with Crippen LogP contribution in [0.4, 0.5) is 0 Å². The Morgan fingerprint density at radius 2 is 2.27 bits per heavy atom. The van der Waals surface area contributed by atoms with Crippen molar-refractivity contribution >= 4 is 11.9 Å². The minimum absolute atomic E-state index is 0.000834. The fourth-order valence-electron chi connectivity index (χ4n) is 6.83. The second-order valence-electron chi connectivity index (χ2n) is 10.5. The van der Waals surface area contributed by atoms with Crippen molar-refractivity contribution in [2.75, 3.05) is 20.1 Å². The maximum Gasteiger partial charge on any atom is 0.334 e. The first-order chi connectivity index (χ1) is 17.8. The Morgan fingerprint density at radius 3 is 3.03 bits per heavy atom. The van der Waals surface area contributed by atoms with Gasteiger partial charge in [0.05, 0.1) is 17.3 Å². The van der Waals surface area contributed by atoms with E-state index in [0.717, 1.165) is 17.7 Å². The van der Waals surface area contributed by atoms with Crippen molar-refractivity contribution in [2.45, 2.75) is 61.3 Å². The Labute approximate surface area is 213 Å². The number of benzene rings is 1. The monoisotopic (exact) mass is 509 g/mol. The lowest BCUT2D eigenvalue weighted by molar-refractivity contribution is -0.170. The number of nitrogens with zero attached hydrogens (tertiary/aromatic N) is 2. The Bertz CT molecular complexity index is 1280. The van der Waals surface area contributed by atoms with Crippen LogP contribution < -0.4 is 15.8 Å². The predicted molar refractivity (Wildman–Crippen MR) is 131 cm³/mol. The highest BCUT2D eigenvalue weighted by Crippen LogP contribution is 2.65. The third-order valence-corrected chi connectivity index (χ3v) is 8.54. The van der Waals surface area contributed by atoms with Gasteiger partial charge in [0.15, 0.2) is 17.6 Å². The highest BCUT2D eigenvalue weighted by Gasteiger charge is 2.72. The van der Waals surface area contributed by atoms with Crippen LogP contribution in [0.15, 0.2) is 36.5 Å². The van der Waals surface area contributed by atoms with Crippen molar-refractivity contribution in [1.29, 1.82) is 0 Å². The molecule has 6 N–H and O–H groups in total. The molecule has 1 saturated heterocycles. The van der Waals surface area contributed by atoms with Gasteiger partial charge in [-0.25, -0.2) is 9.78 Å². The number of phenolic OH excluding ortho intramolecular Hbond substituents is 1. The Balaban J connectivity index is 1.35. The van der Waals surface area contributed by atoms with Crippen LogP contribution in [0.25, 0.3) is 0 Å². The average Bonchev–Trinajstić information content (AvgIpc) is 3.50. The first-order valence-corrected chi connectivity index (χ1v) is 12.6. The van der Waals surface area contributed by atoms with Crippen molar-refractivity contribution < 1.29 is 29.3 Å². The molecule has 2 aromatic rings. The predicted octanol–water partition coefficient (Wildman–Crippen LogP) is 0.0125. The van der Waals surface area contributed by atoms with E-state index in [1.54, 1.807) is 18.3 Å². The lowest BCUT2D eigenvalue weighted by Crippen LogP contribution is -2.74. The zero-order valence-electron chi connectivity index (χ0n) is 20.6. The molecular weight excluding hydrogens is 478 g/mol. The van der Waals surface area contributed by atoms with Gasteiger partial charge in [0, 0.05) is 49.3 Å². The molecule has 1 aromatic heterocycles. The van der Waals surface area contributed by atoms with Gasteiger partial charge in [0.1, 0.15) is 11.8 Å². The number of piperidine rings is 1. The molecule has 1 spiro atoms. The largest absolute Gasteiger partial charge is 0.504 e. The van der Waals surface area contributed by atoms with Crippen LogP contribution >= 0.6 is 0 Å². The van der Waals surface area contributed by atoms with Crippen LogP contribution in [0, 0.1) is 0 Å². The number of aromatic nitrogens is 2. The summed E-state index contributed by atoms with van der Waals surface area (Å²) in [6.07, 6.45) is 5.71. The van der Waals surface area contributed by atoms with E-state index in [1.807, 2.05) is 13.1 Å². The second kappa shape index (κ2) is 8.57. The molecule has 4 aliphatic rings. The molecule has 6 rings (SSSR count). The molecule has 37 heavy (non-hydrogen) atoms. The van der Waals surface area contributed by atoms with E-state index in [-0.39, 0.29) is 49.3 Å². The molecular formula is C26H31N5O6. The van der Waals surface area contributed by atoms with Gasteiger partial charge in [-0.2, -0.15) is 0 Å². The molecule has 1 aromatic carbocycles. The summed E-state index contributed by atoms with van der Waals surface area (Å²) < 4.78 is 12.3. The van der Waals surface area contributed by atoms with Gasteiger partial charge in [-0.1, -0.05) is 6.07 Å². The number of ether oxygens (including phenoxy) is 2. The van der Waals surface area contributed by atoms with Crippen molar-refractivity contribution in [3.8, 4) is 11.5 Å². The summed E-state index contributed by atoms with van der Waals surface area (Å²) in [5.74, 6) is -0.391. The van der Waals surface area contributed by atoms with E-state index in [2.05, 4.69) is 20.2 Å². The van der Waals surface area contributed by atoms with Crippen LogP contribution in [0.5, 0.6) is 11.5 Å². The van der Waals surface area contributed by atoms with E-state index in [0.29, 0.717) is 24.3 Å². The highest BCUT2D eigenvalue weighted by molar-refractivity contribution is 5.85. The summed E-state index contributed by atoms with van der Waals surface area (Å²) >= 11 is 0. The number of aromatic amines is 1. The number of aliphatic hydroxyl groups is 1. The minimum atomic E-state index is -1.16. The van der Waals surface area contributed by atoms with E-state index in [9.17, 15) is 19.8 Å². The molecule has 0 radical (unpaired) electrons. The third kappa shape index (κ3) is 3.41. The normalized spacial score (nSPS) is 30.1. The summed E-state index contributed by atoms with van der Waals surface area (Å²) in [7, 11) is 2.01. The van der Waals surface area contributed by atoms with Gasteiger partial charge in [-0.05, 0) is 44.1 Å². The SMILES string of the molecule is CN1CC[C@]23c4c5ccc(O)c4O[C@H]2C(OC(=O)C(Cc2cnc[nH]2)NC(=O)CCN)=CC[C@@]3(O)[C@H]1C5. The standard InChI is InChI=1S/C26H31N5O6/c1-31-9-7-25-21-14-2-3-17(32)22(21)37-23(25)18(4-6-26(25,35)19(31)10-14)36-24(34)16(30-20(33)5-8-27)11-15-12-28-13-29-15/h2-4,12-13,16,19,23,32,35H,5-11,27H2,1H3,(H,28,29)(H,30,33)/t16?,19-,23+,25+,26-/m1/s1. The number of hydrogen-bond acceptors (Lipinski definition) is 9. The molecule has 5 atom stereocenters. The number of phenols is 1. The first-order valence-electron chi connectivity index (χ1n) is 12.6. The van der Waals surface area contributed by atoms with E-state index < -0.39 is 29.1 Å². The summed E-state index contributed by atoms with van der Waals surface area (Å²) in [5.41, 5.74) is 5.99. The molecule has 2 aliphatic heterocycles. The van der Waals surface area contributed by atoms with Crippen molar-refractivity contribution in [2.24, 2.45) is 5.73 Å². The van der Waals surface area contributed by atoms with Crippen LogP contribution in [0.1, 0.15) is 36.1 Å². The molecule has 0 saturated carbocycles. The van der Waals surface area contributed by atoms with Crippen LogP contribution in [-0.4, -0.2) is 80.9 Å². The van der Waals surface area contributed by atoms with Gasteiger partial charge >= 0.3 is 5.97 Å². The lowest BCUT2D eigenvalue weighted by Gasteiger charge is -2.61. The van der Waals surface area contributed by atoms with Crippen molar-refractivity contribution in [3.63, 3.8) is 0 Å². The summed E-state index contributed by atoms with van der Waals surface area (Å²) in [6, 6.07) is 2.38. The zero-order chi connectivity index (χ0) is 25.9. The molecule has 11 heteroatoms. The van der Waals surface area contributed by atoms with Gasteiger partial charge in [-0.15, -0.1) is 0 Å². The van der Waals surface area contributed by atoms with Crippen LogP contribution in [-0.2, 0) is 32.6 Å². The number of aromatic hydroxyl groups is 1. The van der Waals surface area contributed by atoms with Gasteiger partial charge in [0.25, 0.3) is 0 Å². The number of rotatable bonds is 7. The second-order valence-corrected chi connectivity index (χ2v) is 10.5. The fraction of sp³-hybridized carbons (Fsp3) is 0.500. The number of carbonyl (C=O) groups excluding carboxylic acids is 2. The average molecular weight is 510 g/mol. The summed E-state index contributed by atoms with van der Waals surface area (Å²) in [6.45, 7) is 0.875. The smallest absolute Gasteiger partial charge is 0.334 e. The van der Waals surface area contributed by atoms with Crippen LogP contribution in [0.2, 0.25) is 0 Å². The number of H-pyrrole nitrogens is 1. The molecule has 2 aliphatic carbocycles. The lowest BCUT2D eigenvalue weighted by atomic mass is 9.50. The topological polar surface area (TPSA) is 163 Å². The Kier molecular flexibility index (Phi) is 5.55. The maximum absolute atomic E-state index is 13.5. The third-order valence-electron chi connectivity index (χ3n) is 8.54. The Morgan fingerprint density at radius 1 is 1.43 bits per heavy atom. The number of esters is 1. The number of carbonyl (C=O) groups is 2. The number of imidazole rings is 1. The number of nitrogens with two attached hydrogens (primary N) is 1. The van der Waals surface area contributed by atoms with E-state index in [1.165, 1.54) is 6.33 Å². The van der Waals surface area contributed by atoms with E-state index >= 15 is 0 Å². The van der Waals surface area contributed by atoms with Gasteiger partial charge in [-0.3, -0.25) is 4.79 Å². The van der Waals surface area contributed by atoms with Gasteiger partial charge < -0.3 is 40.6 Å². The quantitative estimate of drug-likeness (QED) is 0.324. The van der Waals surface area contributed by atoms with Crippen molar-refractivity contribution in [3.05, 3.63) is 53.3 Å². The van der Waals surface area contributed by atoms with E-state index in [4.69, 9.17) is 15.2 Å². The molecule has 1 amide bonds. The number of likely N-dealkylation sites (N-methyl/N-ethyl adjacent to an activating group) is 1. The molecule has 1 unspecified atom stereocenters. The molecule has 3 heterocycles. The number of amides is 1. The number of hydrogen-bond donors (Lipinski definition) is 5. The fourth-order valence-corrected chi connectivity index (χ4v) is 6.83. The number of likely N-dealkylation sites (tertiary alicyclic amines) is 1. The molecule has 2 bridgehead atoms. The number of nitrogens with one attached hydrogen (secondary N) is 2. The van der Waals surface area contributed by atoms with Crippen molar-refractivity contribution in [1.82, 2.24) is 20.2 Å². The minimum Gasteiger partial charge on any atom is -0.504 e. The van der Waals surface area contributed by atoms with Crippen LogP contribution in [0.3, 0.4) is 0 Å². The summed E-state index contributed by atoms with van der Waals surface area (Å²) in [4.78, 5) is 34.9. The summed E-state index contributed by atoms with van der Waals surface area (Å²) in [5, 5.41) is 25.6. The Hall–Kier alpha value is -3.41.